The van der Waals surface area contributed by atoms with E-state index in [1.165, 1.54) is 12.3 Å². The lowest BCUT2D eigenvalue weighted by Gasteiger charge is -2.12. The van der Waals surface area contributed by atoms with Gasteiger partial charge in [-0.05, 0) is 24.5 Å². The Morgan fingerprint density at radius 1 is 1.41 bits per heavy atom. The minimum absolute atomic E-state index is 0.0143. The number of rotatable bonds is 5. The Hall–Kier alpha value is -0.980. The fraction of sp³-hybridized carbons (Fsp3) is 0.545. The Labute approximate surface area is 102 Å². The molecule has 0 aliphatic carbocycles. The van der Waals surface area contributed by atoms with Crippen molar-refractivity contribution in [2.45, 2.75) is 37.7 Å². The van der Waals surface area contributed by atoms with Crippen LogP contribution >= 0.6 is 0 Å². The van der Waals surface area contributed by atoms with Crippen molar-refractivity contribution < 1.29 is 13.5 Å². The van der Waals surface area contributed by atoms with Crippen LogP contribution in [-0.2, 0) is 16.4 Å². The molecule has 0 amide bonds. The normalized spacial score (nSPS) is 13.9. The molecule has 5 nitrogen and oxygen atoms in total. The van der Waals surface area contributed by atoms with Crippen LogP contribution in [0, 0.1) is 5.92 Å². The second-order valence-corrected chi connectivity index (χ2v) is 6.08. The van der Waals surface area contributed by atoms with E-state index in [1.54, 1.807) is 6.07 Å². The largest absolute Gasteiger partial charge is 0.393 e. The molecule has 1 rings (SSSR count). The molecule has 0 aliphatic rings. The van der Waals surface area contributed by atoms with E-state index in [9.17, 15) is 13.5 Å². The molecule has 3 N–H and O–H groups in total. The van der Waals surface area contributed by atoms with Crippen LogP contribution in [0.4, 0.5) is 0 Å². The van der Waals surface area contributed by atoms with Crippen molar-refractivity contribution in [3.05, 3.63) is 24.0 Å². The summed E-state index contributed by atoms with van der Waals surface area (Å²) in [4.78, 5) is 3.96. The first-order valence-electron chi connectivity index (χ1n) is 5.45. The minimum Gasteiger partial charge on any atom is -0.393 e. The second-order valence-electron chi connectivity index (χ2n) is 4.52. The van der Waals surface area contributed by atoms with E-state index in [2.05, 4.69) is 4.98 Å². The molecule has 17 heavy (non-hydrogen) atoms. The number of primary sulfonamides is 1. The van der Waals surface area contributed by atoms with Gasteiger partial charge in [0.25, 0.3) is 0 Å². The van der Waals surface area contributed by atoms with Gasteiger partial charge in [0.05, 0.1) is 6.10 Å². The standard InChI is InChI=1S/C11H18N2O3S/c1-8(2)5-10(14)6-9-3-4-11(7-13-9)17(12,15)16/h3-4,7-8,10,14H,5-6H2,1-2H3,(H2,12,15,16). The Bertz CT molecular complexity index is 454. The minimum atomic E-state index is -3.69. The zero-order valence-corrected chi connectivity index (χ0v) is 10.8. The molecule has 0 saturated heterocycles. The van der Waals surface area contributed by atoms with Crippen LogP contribution in [0.3, 0.4) is 0 Å². The van der Waals surface area contributed by atoms with E-state index in [1.807, 2.05) is 13.8 Å². The van der Waals surface area contributed by atoms with E-state index in [0.717, 1.165) is 0 Å². The summed E-state index contributed by atoms with van der Waals surface area (Å²) >= 11 is 0. The molecule has 96 valence electrons. The van der Waals surface area contributed by atoms with Crippen LogP contribution in [0.5, 0.6) is 0 Å². The molecule has 1 heterocycles. The van der Waals surface area contributed by atoms with Crippen molar-refractivity contribution >= 4 is 10.0 Å². The molecule has 1 aromatic rings. The highest BCUT2D eigenvalue weighted by atomic mass is 32.2. The van der Waals surface area contributed by atoms with Gasteiger partial charge in [-0.25, -0.2) is 13.6 Å². The van der Waals surface area contributed by atoms with Gasteiger partial charge >= 0.3 is 0 Å². The third kappa shape index (κ3) is 4.80. The van der Waals surface area contributed by atoms with Crippen molar-refractivity contribution in [3.8, 4) is 0 Å². The lowest BCUT2D eigenvalue weighted by atomic mass is 10.0. The highest BCUT2D eigenvalue weighted by molar-refractivity contribution is 7.89. The van der Waals surface area contributed by atoms with Gasteiger partial charge in [-0.3, -0.25) is 4.98 Å². The van der Waals surface area contributed by atoms with Crippen molar-refractivity contribution in [2.75, 3.05) is 0 Å². The summed E-state index contributed by atoms with van der Waals surface area (Å²) in [7, 11) is -3.69. The fourth-order valence-electron chi connectivity index (χ4n) is 1.57. The van der Waals surface area contributed by atoms with Gasteiger partial charge in [0.1, 0.15) is 4.90 Å². The molecule has 0 spiro atoms. The number of hydrogen-bond donors (Lipinski definition) is 2. The Kier molecular flexibility index (Phi) is 4.62. The maximum absolute atomic E-state index is 11.0. The summed E-state index contributed by atoms with van der Waals surface area (Å²) in [5.74, 6) is 0.411. The van der Waals surface area contributed by atoms with Crippen LogP contribution < -0.4 is 5.14 Å². The number of nitrogens with zero attached hydrogens (tertiary/aromatic N) is 1. The van der Waals surface area contributed by atoms with Crippen LogP contribution in [0.2, 0.25) is 0 Å². The molecule has 1 aromatic heterocycles. The molecule has 0 aliphatic heterocycles. The first-order valence-corrected chi connectivity index (χ1v) is 6.99. The molecule has 0 bridgehead atoms. The van der Waals surface area contributed by atoms with E-state index < -0.39 is 16.1 Å². The number of hydrogen-bond acceptors (Lipinski definition) is 4. The van der Waals surface area contributed by atoms with Crippen LogP contribution in [-0.4, -0.2) is 24.6 Å². The highest BCUT2D eigenvalue weighted by Gasteiger charge is 2.11. The number of aromatic nitrogens is 1. The molecular formula is C11H18N2O3S. The number of aliphatic hydroxyl groups excluding tert-OH is 1. The van der Waals surface area contributed by atoms with Crippen molar-refractivity contribution in [3.63, 3.8) is 0 Å². The average Bonchev–Trinajstić information content (AvgIpc) is 2.15. The maximum atomic E-state index is 11.0. The predicted octanol–water partition coefficient (Wildman–Crippen LogP) is 0.679. The third-order valence-electron chi connectivity index (χ3n) is 2.31. The first-order chi connectivity index (χ1) is 7.79. The maximum Gasteiger partial charge on any atom is 0.239 e. The summed E-state index contributed by atoms with van der Waals surface area (Å²) in [6, 6.07) is 2.98. The number of nitrogens with two attached hydrogens (primary N) is 1. The predicted molar refractivity (Wildman–Crippen MR) is 64.8 cm³/mol. The molecule has 6 heteroatoms. The molecule has 0 saturated carbocycles. The van der Waals surface area contributed by atoms with Gasteiger partial charge in [0.2, 0.25) is 10.0 Å². The van der Waals surface area contributed by atoms with Gasteiger partial charge in [-0.1, -0.05) is 13.8 Å². The van der Waals surface area contributed by atoms with Crippen LogP contribution in [0.25, 0.3) is 0 Å². The SMILES string of the molecule is CC(C)CC(O)Cc1ccc(S(N)(=O)=O)cn1. The van der Waals surface area contributed by atoms with Gasteiger partial charge in [0, 0.05) is 18.3 Å². The molecule has 1 atom stereocenters. The summed E-state index contributed by atoms with van der Waals surface area (Å²) in [5, 5.41) is 14.7. The molecule has 0 fully saturated rings. The quantitative estimate of drug-likeness (QED) is 0.812. The van der Waals surface area contributed by atoms with Gasteiger partial charge in [0.15, 0.2) is 0 Å². The highest BCUT2D eigenvalue weighted by Crippen LogP contribution is 2.11. The Balaban J connectivity index is 2.69. The summed E-state index contributed by atoms with van der Waals surface area (Å²) in [6.45, 7) is 4.06. The van der Waals surface area contributed by atoms with Gasteiger partial charge in [-0.15, -0.1) is 0 Å². The number of sulfonamides is 1. The Morgan fingerprint density at radius 2 is 2.06 bits per heavy atom. The summed E-state index contributed by atoms with van der Waals surface area (Å²) in [6.07, 6.45) is 1.87. The van der Waals surface area contributed by atoms with E-state index in [-0.39, 0.29) is 4.90 Å². The van der Waals surface area contributed by atoms with E-state index in [0.29, 0.717) is 24.5 Å². The fourth-order valence-corrected chi connectivity index (χ4v) is 2.03. The first kappa shape index (κ1) is 14.1. The topological polar surface area (TPSA) is 93.3 Å². The second kappa shape index (κ2) is 5.57. The van der Waals surface area contributed by atoms with Crippen LogP contribution in [0.1, 0.15) is 26.0 Å². The van der Waals surface area contributed by atoms with Crippen LogP contribution in [0.15, 0.2) is 23.2 Å². The molecule has 0 aromatic carbocycles. The lowest BCUT2D eigenvalue weighted by Crippen LogP contribution is -2.15. The number of aliphatic hydroxyl groups is 1. The summed E-state index contributed by atoms with van der Waals surface area (Å²) in [5.41, 5.74) is 0.658. The average molecular weight is 258 g/mol. The molecule has 1 unspecified atom stereocenters. The zero-order valence-electron chi connectivity index (χ0n) is 10.00. The van der Waals surface area contributed by atoms with Crippen molar-refractivity contribution in [1.82, 2.24) is 4.98 Å². The number of pyridine rings is 1. The molecule has 0 radical (unpaired) electrons. The smallest absolute Gasteiger partial charge is 0.239 e. The van der Waals surface area contributed by atoms with Gasteiger partial charge in [-0.2, -0.15) is 0 Å². The van der Waals surface area contributed by atoms with Crippen molar-refractivity contribution in [2.24, 2.45) is 11.1 Å². The Morgan fingerprint density at radius 3 is 2.47 bits per heavy atom. The van der Waals surface area contributed by atoms with E-state index >= 15 is 0 Å². The van der Waals surface area contributed by atoms with E-state index in [4.69, 9.17) is 5.14 Å². The molecular weight excluding hydrogens is 240 g/mol. The summed E-state index contributed by atoms with van der Waals surface area (Å²) < 4.78 is 22.0. The third-order valence-corrected chi connectivity index (χ3v) is 3.21. The lowest BCUT2D eigenvalue weighted by molar-refractivity contribution is 0.148. The monoisotopic (exact) mass is 258 g/mol. The van der Waals surface area contributed by atoms with Gasteiger partial charge < -0.3 is 5.11 Å². The van der Waals surface area contributed by atoms with Crippen molar-refractivity contribution in [1.29, 1.82) is 0 Å². The zero-order chi connectivity index (χ0) is 13.1.